The molecule has 0 heterocycles. The number of nitrogens with two attached hydrogens (primary N) is 1. The molecule has 6 nitrogen and oxygen atoms in total. The summed E-state index contributed by atoms with van der Waals surface area (Å²) in [6.45, 7) is 6.72. The van der Waals surface area contributed by atoms with Gasteiger partial charge in [-0.2, -0.15) is 0 Å². The predicted molar refractivity (Wildman–Crippen MR) is 108 cm³/mol. The van der Waals surface area contributed by atoms with Gasteiger partial charge >= 0.3 is 6.09 Å². The van der Waals surface area contributed by atoms with E-state index in [4.69, 9.17) is 20.1 Å². The zero-order valence-corrected chi connectivity index (χ0v) is 16.8. The van der Waals surface area contributed by atoms with Crippen molar-refractivity contribution >= 4 is 6.09 Å². The Hall–Kier alpha value is -2.41. The van der Waals surface area contributed by atoms with Crippen LogP contribution in [0.15, 0.2) is 60.7 Å². The van der Waals surface area contributed by atoms with Crippen LogP contribution in [0.4, 0.5) is 4.79 Å². The molecule has 152 valence electrons. The molecule has 0 aliphatic heterocycles. The number of rotatable bonds is 9. The van der Waals surface area contributed by atoms with Crippen LogP contribution in [0.3, 0.4) is 0 Å². The molecule has 2 aromatic rings. The van der Waals surface area contributed by atoms with E-state index in [-0.39, 0.29) is 13.2 Å². The molecule has 0 aliphatic rings. The van der Waals surface area contributed by atoms with Crippen molar-refractivity contribution in [3.05, 3.63) is 71.8 Å². The number of carbonyl (C=O) groups is 1. The summed E-state index contributed by atoms with van der Waals surface area (Å²) < 4.78 is 16.9. The van der Waals surface area contributed by atoms with E-state index in [2.05, 4.69) is 0 Å². The van der Waals surface area contributed by atoms with Gasteiger partial charge in [0.1, 0.15) is 5.60 Å². The molecule has 2 aromatic carbocycles. The summed E-state index contributed by atoms with van der Waals surface area (Å²) in [5.41, 5.74) is 1.47. The van der Waals surface area contributed by atoms with Crippen molar-refractivity contribution in [3.63, 3.8) is 0 Å². The molecule has 0 fully saturated rings. The number of hydrazine groups is 1. The molecule has 0 unspecified atom stereocenters. The highest BCUT2D eigenvalue weighted by Gasteiger charge is 2.26. The molecule has 6 heteroatoms. The van der Waals surface area contributed by atoms with Crippen LogP contribution in [-0.4, -0.2) is 36.0 Å². The largest absolute Gasteiger partial charge is 0.443 e. The van der Waals surface area contributed by atoms with Crippen LogP contribution in [0.25, 0.3) is 0 Å². The van der Waals surface area contributed by atoms with E-state index >= 15 is 0 Å². The number of ether oxygens (including phenoxy) is 3. The van der Waals surface area contributed by atoms with Crippen LogP contribution in [0, 0.1) is 0 Å². The fourth-order valence-electron chi connectivity index (χ4n) is 2.45. The van der Waals surface area contributed by atoms with E-state index in [1.54, 1.807) is 20.8 Å². The molecule has 28 heavy (non-hydrogen) atoms. The Labute approximate surface area is 167 Å². The maximum absolute atomic E-state index is 12.3. The lowest BCUT2D eigenvalue weighted by molar-refractivity contribution is -0.0266. The third-order valence-corrected chi connectivity index (χ3v) is 3.84. The summed E-state index contributed by atoms with van der Waals surface area (Å²) in [6.07, 6.45) is -0.607. The van der Waals surface area contributed by atoms with E-state index in [0.717, 1.165) is 16.1 Å². The van der Waals surface area contributed by atoms with E-state index in [0.29, 0.717) is 13.2 Å². The Balaban J connectivity index is 1.92. The van der Waals surface area contributed by atoms with Crippen LogP contribution < -0.4 is 5.84 Å². The maximum Gasteiger partial charge on any atom is 0.425 e. The van der Waals surface area contributed by atoms with Gasteiger partial charge in [0.2, 0.25) is 0 Å². The topological polar surface area (TPSA) is 74.0 Å². The lowest BCUT2D eigenvalue weighted by atomic mass is 10.2. The van der Waals surface area contributed by atoms with Crippen molar-refractivity contribution in [1.82, 2.24) is 5.01 Å². The molecule has 0 spiro atoms. The average molecular weight is 386 g/mol. The molecule has 2 rings (SSSR count). The minimum absolute atomic E-state index is 0.236. The van der Waals surface area contributed by atoms with Crippen molar-refractivity contribution in [2.45, 2.75) is 45.6 Å². The number of hydrogen-bond acceptors (Lipinski definition) is 5. The molecule has 2 N–H and O–H groups in total. The molecule has 0 aromatic heterocycles. The summed E-state index contributed by atoms with van der Waals surface area (Å²) >= 11 is 0. The number of nitrogens with zero attached hydrogens (tertiary/aromatic N) is 1. The molecular weight excluding hydrogens is 356 g/mol. The first-order chi connectivity index (χ1) is 13.3. The summed E-state index contributed by atoms with van der Waals surface area (Å²) in [7, 11) is 0. The lowest BCUT2D eigenvalue weighted by Crippen LogP contribution is -2.51. The van der Waals surface area contributed by atoms with Gasteiger partial charge in [-0.05, 0) is 31.9 Å². The van der Waals surface area contributed by atoms with Crippen LogP contribution >= 0.6 is 0 Å². The highest BCUT2D eigenvalue weighted by molar-refractivity contribution is 5.67. The van der Waals surface area contributed by atoms with Gasteiger partial charge in [0.25, 0.3) is 0 Å². The first kappa shape index (κ1) is 21.9. The highest BCUT2D eigenvalue weighted by Crippen LogP contribution is 2.11. The smallest absolute Gasteiger partial charge is 0.425 e. The fraction of sp³-hybridized carbons (Fsp3) is 0.409. The second-order valence-electron chi connectivity index (χ2n) is 7.54. The van der Waals surface area contributed by atoms with Crippen molar-refractivity contribution in [2.24, 2.45) is 5.84 Å². The van der Waals surface area contributed by atoms with E-state index in [1.807, 2.05) is 60.7 Å². The summed E-state index contributed by atoms with van der Waals surface area (Å²) in [5, 5.41) is 1.06. The normalized spacial score (nSPS) is 11.5. The zero-order chi connectivity index (χ0) is 20.4. The third-order valence-electron chi connectivity index (χ3n) is 3.84. The fourth-order valence-corrected chi connectivity index (χ4v) is 2.45. The summed E-state index contributed by atoms with van der Waals surface area (Å²) in [5.74, 6) is 6.03. The van der Waals surface area contributed by atoms with Gasteiger partial charge in [0.15, 0.2) is 0 Å². The lowest BCUT2D eigenvalue weighted by Gasteiger charge is -2.30. The predicted octanol–water partition coefficient (Wildman–Crippen LogP) is 3.90. The standard InChI is InChI=1S/C22H30N2O4/c1-22(2,3)28-21(25)24(23)20(16-26-14-18-10-6-4-7-11-18)17-27-15-19-12-8-5-9-13-19/h4-13,20H,14-17,23H2,1-3H3. The SMILES string of the molecule is CC(C)(C)OC(=O)N(N)C(COCc1ccccc1)COCc1ccccc1. The zero-order valence-electron chi connectivity index (χ0n) is 16.8. The van der Waals surface area contributed by atoms with Crippen LogP contribution in [0.5, 0.6) is 0 Å². The minimum Gasteiger partial charge on any atom is -0.443 e. The summed E-state index contributed by atoms with van der Waals surface area (Å²) in [6, 6.07) is 19.2. The molecule has 0 radical (unpaired) electrons. The molecule has 0 atom stereocenters. The van der Waals surface area contributed by atoms with Gasteiger partial charge in [-0.25, -0.2) is 15.6 Å². The van der Waals surface area contributed by atoms with Gasteiger partial charge in [-0.15, -0.1) is 0 Å². The average Bonchev–Trinajstić information content (AvgIpc) is 2.66. The van der Waals surface area contributed by atoms with Crippen LogP contribution in [0.1, 0.15) is 31.9 Å². The number of benzene rings is 2. The summed E-state index contributed by atoms with van der Waals surface area (Å²) in [4.78, 5) is 12.3. The van der Waals surface area contributed by atoms with E-state index in [9.17, 15) is 4.79 Å². The molecule has 0 aliphatic carbocycles. The molecule has 0 saturated heterocycles. The number of hydrogen-bond donors (Lipinski definition) is 1. The van der Waals surface area contributed by atoms with Crippen LogP contribution in [0.2, 0.25) is 0 Å². The molecule has 1 amide bonds. The van der Waals surface area contributed by atoms with Crippen molar-refractivity contribution < 1.29 is 19.0 Å². The van der Waals surface area contributed by atoms with Crippen molar-refractivity contribution in [3.8, 4) is 0 Å². The Morgan fingerprint density at radius 2 is 1.32 bits per heavy atom. The first-order valence-corrected chi connectivity index (χ1v) is 9.35. The van der Waals surface area contributed by atoms with Gasteiger partial charge in [-0.3, -0.25) is 0 Å². The quantitative estimate of drug-likeness (QED) is 0.402. The van der Waals surface area contributed by atoms with Crippen LogP contribution in [-0.2, 0) is 27.4 Å². The maximum atomic E-state index is 12.3. The van der Waals surface area contributed by atoms with Gasteiger partial charge in [-0.1, -0.05) is 60.7 Å². The van der Waals surface area contributed by atoms with Crippen molar-refractivity contribution in [1.29, 1.82) is 0 Å². The number of amides is 1. The van der Waals surface area contributed by atoms with Gasteiger partial charge in [0, 0.05) is 0 Å². The Kier molecular flexibility index (Phi) is 8.44. The van der Waals surface area contributed by atoms with Crippen molar-refractivity contribution in [2.75, 3.05) is 13.2 Å². The monoisotopic (exact) mass is 386 g/mol. The second kappa shape index (κ2) is 10.8. The molecule has 0 bridgehead atoms. The second-order valence-corrected chi connectivity index (χ2v) is 7.54. The van der Waals surface area contributed by atoms with E-state index in [1.165, 1.54) is 0 Å². The third kappa shape index (κ3) is 8.08. The van der Waals surface area contributed by atoms with Gasteiger partial charge < -0.3 is 14.2 Å². The highest BCUT2D eigenvalue weighted by atomic mass is 16.6. The Morgan fingerprint density at radius 3 is 1.71 bits per heavy atom. The Bertz CT molecular complexity index is 656. The Morgan fingerprint density at radius 1 is 0.893 bits per heavy atom. The molecular formula is C22H30N2O4. The van der Waals surface area contributed by atoms with Gasteiger partial charge in [0.05, 0.1) is 32.5 Å². The number of carbonyl (C=O) groups excluding carboxylic acids is 1. The molecule has 0 saturated carbocycles. The first-order valence-electron chi connectivity index (χ1n) is 9.35. The minimum atomic E-state index is -0.630. The van der Waals surface area contributed by atoms with E-state index < -0.39 is 17.7 Å².